The van der Waals surface area contributed by atoms with E-state index in [4.69, 9.17) is 5.73 Å². The van der Waals surface area contributed by atoms with E-state index in [1.54, 1.807) is 11.3 Å². The Morgan fingerprint density at radius 3 is 2.82 bits per heavy atom. The van der Waals surface area contributed by atoms with Crippen LogP contribution in [-0.2, 0) is 6.42 Å². The van der Waals surface area contributed by atoms with E-state index in [0.29, 0.717) is 0 Å². The largest absolute Gasteiger partial charge is 0.399 e. The summed E-state index contributed by atoms with van der Waals surface area (Å²) < 4.78 is 0. The van der Waals surface area contributed by atoms with Crippen LogP contribution in [0.5, 0.6) is 0 Å². The van der Waals surface area contributed by atoms with Gasteiger partial charge in [0.1, 0.15) is 0 Å². The molecule has 3 N–H and O–H groups in total. The van der Waals surface area contributed by atoms with Gasteiger partial charge in [0.2, 0.25) is 0 Å². The molecule has 90 valence electrons. The predicted octanol–water partition coefficient (Wildman–Crippen LogP) is 3.00. The van der Waals surface area contributed by atoms with Crippen LogP contribution in [0.3, 0.4) is 0 Å². The Balaban J connectivity index is 1.90. The molecule has 0 aliphatic rings. The number of nitrogens with two attached hydrogens (primary N) is 1. The Labute approximate surface area is 106 Å². The van der Waals surface area contributed by atoms with Crippen molar-refractivity contribution < 1.29 is 0 Å². The van der Waals surface area contributed by atoms with Gasteiger partial charge in [-0.2, -0.15) is 0 Å². The van der Waals surface area contributed by atoms with Crippen LogP contribution in [0.1, 0.15) is 16.3 Å². The summed E-state index contributed by atoms with van der Waals surface area (Å²) >= 11 is 1.72. The average Bonchev–Trinajstić information content (AvgIpc) is 2.68. The smallest absolute Gasteiger partial charge is 0.0945 e. The van der Waals surface area contributed by atoms with E-state index in [9.17, 15) is 0 Å². The number of aryl methyl sites for hydroxylation is 2. The van der Waals surface area contributed by atoms with E-state index in [-0.39, 0.29) is 0 Å². The fourth-order valence-electron chi connectivity index (χ4n) is 1.71. The van der Waals surface area contributed by atoms with Gasteiger partial charge in [0, 0.05) is 35.4 Å². The van der Waals surface area contributed by atoms with Crippen molar-refractivity contribution in [1.82, 2.24) is 4.98 Å². The van der Waals surface area contributed by atoms with Gasteiger partial charge in [0.25, 0.3) is 0 Å². The number of nitrogens with zero attached hydrogens (tertiary/aromatic N) is 1. The fraction of sp³-hybridized carbons (Fsp3) is 0.308. The van der Waals surface area contributed by atoms with Crippen LogP contribution in [0, 0.1) is 13.8 Å². The van der Waals surface area contributed by atoms with Crippen LogP contribution in [-0.4, -0.2) is 11.5 Å². The summed E-state index contributed by atoms with van der Waals surface area (Å²) in [6.45, 7) is 4.99. The zero-order chi connectivity index (χ0) is 12.3. The van der Waals surface area contributed by atoms with Gasteiger partial charge in [0.15, 0.2) is 0 Å². The second kappa shape index (κ2) is 5.19. The lowest BCUT2D eigenvalue weighted by Crippen LogP contribution is -2.06. The van der Waals surface area contributed by atoms with Crippen LogP contribution in [0.25, 0.3) is 0 Å². The van der Waals surface area contributed by atoms with Crippen LogP contribution in [0.2, 0.25) is 0 Å². The maximum absolute atomic E-state index is 5.71. The minimum atomic E-state index is 0.809. The summed E-state index contributed by atoms with van der Waals surface area (Å²) in [4.78, 5) is 4.44. The lowest BCUT2D eigenvalue weighted by Gasteiger charge is -2.09. The SMILES string of the molecule is Cc1csc(CCNc2ccc(N)cc2C)n1. The predicted molar refractivity (Wildman–Crippen MR) is 74.6 cm³/mol. The van der Waals surface area contributed by atoms with Crippen molar-refractivity contribution >= 4 is 22.7 Å². The van der Waals surface area contributed by atoms with Crippen molar-refractivity contribution in [2.24, 2.45) is 0 Å². The van der Waals surface area contributed by atoms with E-state index in [2.05, 4.69) is 22.6 Å². The zero-order valence-corrected chi connectivity index (χ0v) is 11.0. The highest BCUT2D eigenvalue weighted by atomic mass is 32.1. The van der Waals surface area contributed by atoms with Gasteiger partial charge in [-0.05, 0) is 37.6 Å². The van der Waals surface area contributed by atoms with Crippen molar-refractivity contribution in [3.05, 3.63) is 39.8 Å². The van der Waals surface area contributed by atoms with E-state index in [1.165, 1.54) is 10.6 Å². The van der Waals surface area contributed by atoms with E-state index in [0.717, 1.165) is 30.0 Å². The lowest BCUT2D eigenvalue weighted by molar-refractivity contribution is 0.985. The van der Waals surface area contributed by atoms with Crippen molar-refractivity contribution in [2.45, 2.75) is 20.3 Å². The summed E-state index contributed by atoms with van der Waals surface area (Å²) in [5, 5.41) is 6.68. The van der Waals surface area contributed by atoms with Crippen LogP contribution in [0.15, 0.2) is 23.6 Å². The molecule has 4 heteroatoms. The first-order chi connectivity index (χ1) is 8.15. The van der Waals surface area contributed by atoms with Crippen molar-refractivity contribution in [1.29, 1.82) is 0 Å². The monoisotopic (exact) mass is 247 g/mol. The molecular formula is C13H17N3S. The summed E-state index contributed by atoms with van der Waals surface area (Å²) in [5.41, 5.74) is 9.95. The Hall–Kier alpha value is -1.55. The number of aromatic nitrogens is 1. The maximum atomic E-state index is 5.71. The molecule has 0 unspecified atom stereocenters. The Kier molecular flexibility index (Phi) is 3.64. The zero-order valence-electron chi connectivity index (χ0n) is 10.2. The molecule has 0 saturated carbocycles. The van der Waals surface area contributed by atoms with Gasteiger partial charge in [0.05, 0.1) is 5.01 Å². The number of hydrogen-bond acceptors (Lipinski definition) is 4. The third-order valence-electron chi connectivity index (χ3n) is 2.57. The highest BCUT2D eigenvalue weighted by Crippen LogP contribution is 2.17. The first kappa shape index (κ1) is 11.9. The molecule has 0 amide bonds. The van der Waals surface area contributed by atoms with Gasteiger partial charge < -0.3 is 11.1 Å². The number of nitrogens with one attached hydrogen (secondary N) is 1. The van der Waals surface area contributed by atoms with Gasteiger partial charge in [-0.25, -0.2) is 4.98 Å². The second-order valence-corrected chi connectivity index (χ2v) is 5.08. The molecule has 2 rings (SSSR count). The molecule has 0 aliphatic heterocycles. The molecular weight excluding hydrogens is 230 g/mol. The Bertz CT molecular complexity index is 505. The van der Waals surface area contributed by atoms with Crippen LogP contribution >= 0.6 is 11.3 Å². The molecule has 0 bridgehead atoms. The molecule has 3 nitrogen and oxygen atoms in total. The Morgan fingerprint density at radius 1 is 1.35 bits per heavy atom. The van der Waals surface area contributed by atoms with E-state index in [1.807, 2.05) is 25.1 Å². The summed E-state index contributed by atoms with van der Waals surface area (Å²) in [6, 6.07) is 5.93. The maximum Gasteiger partial charge on any atom is 0.0945 e. The molecule has 0 atom stereocenters. The molecule has 0 saturated heterocycles. The van der Waals surface area contributed by atoms with Gasteiger partial charge in [-0.3, -0.25) is 0 Å². The molecule has 1 aromatic carbocycles. The van der Waals surface area contributed by atoms with Crippen LogP contribution < -0.4 is 11.1 Å². The number of benzene rings is 1. The van der Waals surface area contributed by atoms with Crippen molar-refractivity contribution in [3.8, 4) is 0 Å². The van der Waals surface area contributed by atoms with E-state index < -0.39 is 0 Å². The van der Waals surface area contributed by atoms with Crippen molar-refractivity contribution in [2.75, 3.05) is 17.6 Å². The second-order valence-electron chi connectivity index (χ2n) is 4.13. The average molecular weight is 247 g/mol. The highest BCUT2D eigenvalue weighted by Gasteiger charge is 2.00. The topological polar surface area (TPSA) is 50.9 Å². The first-order valence-corrected chi connectivity index (χ1v) is 6.54. The number of hydrogen-bond donors (Lipinski definition) is 2. The van der Waals surface area contributed by atoms with Crippen LogP contribution in [0.4, 0.5) is 11.4 Å². The molecule has 1 aromatic heterocycles. The van der Waals surface area contributed by atoms with Gasteiger partial charge in [-0.1, -0.05) is 0 Å². The molecule has 0 radical (unpaired) electrons. The number of rotatable bonds is 4. The van der Waals surface area contributed by atoms with E-state index >= 15 is 0 Å². The molecule has 0 fully saturated rings. The molecule has 17 heavy (non-hydrogen) atoms. The standard InChI is InChI=1S/C13H17N3S/c1-9-7-11(14)3-4-12(9)15-6-5-13-16-10(2)8-17-13/h3-4,7-8,15H,5-6,14H2,1-2H3. The quantitative estimate of drug-likeness (QED) is 0.817. The third-order valence-corrected chi connectivity index (χ3v) is 3.60. The third kappa shape index (κ3) is 3.20. The fourth-order valence-corrected chi connectivity index (χ4v) is 2.48. The normalized spacial score (nSPS) is 10.5. The van der Waals surface area contributed by atoms with Gasteiger partial charge in [-0.15, -0.1) is 11.3 Å². The molecule has 1 heterocycles. The molecule has 0 spiro atoms. The molecule has 0 aliphatic carbocycles. The lowest BCUT2D eigenvalue weighted by atomic mass is 10.2. The minimum absolute atomic E-state index is 0.809. The number of nitrogen functional groups attached to an aromatic ring is 1. The minimum Gasteiger partial charge on any atom is -0.399 e. The summed E-state index contributed by atoms with van der Waals surface area (Å²) in [7, 11) is 0. The molecule has 2 aromatic rings. The highest BCUT2D eigenvalue weighted by molar-refractivity contribution is 7.09. The summed E-state index contributed by atoms with van der Waals surface area (Å²) in [6.07, 6.45) is 0.961. The first-order valence-electron chi connectivity index (χ1n) is 5.66. The summed E-state index contributed by atoms with van der Waals surface area (Å²) in [5.74, 6) is 0. The van der Waals surface area contributed by atoms with Gasteiger partial charge >= 0.3 is 0 Å². The Morgan fingerprint density at radius 2 is 2.18 bits per heavy atom. The van der Waals surface area contributed by atoms with Crippen molar-refractivity contribution in [3.63, 3.8) is 0 Å². The number of thiazole rings is 1. The number of anilines is 2.